The average Bonchev–Trinajstić information content (AvgIpc) is 3.16. The van der Waals surface area contributed by atoms with Gasteiger partial charge in [-0.15, -0.1) is 11.8 Å². The van der Waals surface area contributed by atoms with Crippen molar-refractivity contribution < 1.29 is 10.2 Å². The Balaban J connectivity index is 1.80. The van der Waals surface area contributed by atoms with Crippen LogP contribution in [0.15, 0.2) is 23.8 Å². The van der Waals surface area contributed by atoms with E-state index in [4.69, 9.17) is 0 Å². The summed E-state index contributed by atoms with van der Waals surface area (Å²) < 4.78 is 0. The SMILES string of the molecule is CC#CC[C@@H](C)[C@H](O)/C=C/[C@@H]1[C@H]2C/C(=C/CCCCNC(C)(C)C)C[C@H]2C[C@H]1O. The molecule has 0 heterocycles. The first-order valence-corrected chi connectivity index (χ1v) is 11.6. The van der Waals surface area contributed by atoms with Gasteiger partial charge in [0.25, 0.3) is 0 Å². The van der Waals surface area contributed by atoms with Crippen LogP contribution < -0.4 is 5.32 Å². The summed E-state index contributed by atoms with van der Waals surface area (Å²) in [6.07, 6.45) is 13.2. The second-order valence-corrected chi connectivity index (χ2v) is 10.2. The van der Waals surface area contributed by atoms with Gasteiger partial charge in [0.05, 0.1) is 12.2 Å². The Bertz CT molecular complexity index is 619. The number of nitrogens with one attached hydrogen (secondary N) is 1. The van der Waals surface area contributed by atoms with Crippen LogP contribution in [0, 0.1) is 35.5 Å². The third-order valence-electron chi connectivity index (χ3n) is 6.54. The molecule has 0 saturated heterocycles. The monoisotopic (exact) mass is 401 g/mol. The van der Waals surface area contributed by atoms with E-state index >= 15 is 0 Å². The lowest BCUT2D eigenvalue weighted by Gasteiger charge is -2.20. The van der Waals surface area contributed by atoms with E-state index in [0.29, 0.717) is 18.3 Å². The quantitative estimate of drug-likeness (QED) is 0.294. The minimum Gasteiger partial charge on any atom is -0.392 e. The summed E-state index contributed by atoms with van der Waals surface area (Å²) in [4.78, 5) is 0. The van der Waals surface area contributed by atoms with Crippen LogP contribution in [0.5, 0.6) is 0 Å². The average molecular weight is 402 g/mol. The van der Waals surface area contributed by atoms with Crippen molar-refractivity contribution in [3.8, 4) is 11.8 Å². The van der Waals surface area contributed by atoms with Crippen LogP contribution in [0.25, 0.3) is 0 Å². The fourth-order valence-electron chi connectivity index (χ4n) is 4.79. The Morgan fingerprint density at radius 3 is 2.69 bits per heavy atom. The maximum Gasteiger partial charge on any atom is 0.0755 e. The van der Waals surface area contributed by atoms with Gasteiger partial charge in [0, 0.05) is 17.9 Å². The highest BCUT2D eigenvalue weighted by Gasteiger charge is 2.44. The third-order valence-corrected chi connectivity index (χ3v) is 6.54. The summed E-state index contributed by atoms with van der Waals surface area (Å²) in [5, 5.41) is 24.5. The molecule has 3 N–H and O–H groups in total. The van der Waals surface area contributed by atoms with Crippen molar-refractivity contribution in [2.45, 2.75) is 97.3 Å². The molecule has 2 aliphatic carbocycles. The normalized spacial score (nSPS) is 30.4. The molecule has 0 bridgehead atoms. The molecule has 0 amide bonds. The molecule has 3 heteroatoms. The minimum atomic E-state index is -0.486. The van der Waals surface area contributed by atoms with E-state index in [1.807, 2.05) is 19.9 Å². The first kappa shape index (κ1) is 24.2. The molecule has 0 aromatic heterocycles. The molecule has 0 aromatic carbocycles. The lowest BCUT2D eigenvalue weighted by Crippen LogP contribution is -2.36. The predicted octanol–water partition coefficient (Wildman–Crippen LogP) is 4.84. The van der Waals surface area contributed by atoms with Gasteiger partial charge in [0.15, 0.2) is 0 Å². The smallest absolute Gasteiger partial charge is 0.0755 e. The topological polar surface area (TPSA) is 52.5 Å². The number of aliphatic hydroxyl groups excluding tert-OH is 2. The molecule has 0 aromatic rings. The molecule has 6 atom stereocenters. The molecular weight excluding hydrogens is 358 g/mol. The van der Waals surface area contributed by atoms with E-state index in [9.17, 15) is 10.2 Å². The zero-order chi connectivity index (χ0) is 21.4. The van der Waals surface area contributed by atoms with E-state index in [0.717, 1.165) is 25.8 Å². The van der Waals surface area contributed by atoms with Crippen LogP contribution in [-0.2, 0) is 0 Å². The fourth-order valence-corrected chi connectivity index (χ4v) is 4.79. The van der Waals surface area contributed by atoms with Gasteiger partial charge >= 0.3 is 0 Å². The first-order chi connectivity index (χ1) is 13.7. The largest absolute Gasteiger partial charge is 0.392 e. The van der Waals surface area contributed by atoms with Crippen molar-refractivity contribution in [1.29, 1.82) is 0 Å². The Morgan fingerprint density at radius 1 is 1.24 bits per heavy atom. The highest BCUT2D eigenvalue weighted by atomic mass is 16.3. The van der Waals surface area contributed by atoms with Gasteiger partial charge in [-0.1, -0.05) is 30.7 Å². The van der Waals surface area contributed by atoms with Crippen LogP contribution in [0.2, 0.25) is 0 Å². The molecule has 2 fully saturated rings. The Hall–Kier alpha value is -1.08. The van der Waals surface area contributed by atoms with Crippen molar-refractivity contribution >= 4 is 0 Å². The zero-order valence-corrected chi connectivity index (χ0v) is 19.2. The van der Waals surface area contributed by atoms with E-state index in [-0.39, 0.29) is 23.5 Å². The molecular formula is C26H43NO2. The van der Waals surface area contributed by atoms with Crippen molar-refractivity contribution in [1.82, 2.24) is 5.32 Å². The van der Waals surface area contributed by atoms with E-state index in [1.165, 1.54) is 19.3 Å². The molecule has 3 nitrogen and oxygen atoms in total. The molecule has 29 heavy (non-hydrogen) atoms. The van der Waals surface area contributed by atoms with Gasteiger partial charge in [0.2, 0.25) is 0 Å². The standard InChI is InChI=1S/C26H43NO2/c1-6-7-11-19(2)24(28)14-13-22-23-17-20(16-21(23)18-25(22)29)12-9-8-10-15-27-26(3,4)5/h12-14,19,21-25,27-29H,8-11,15-18H2,1-5H3/b14-13+,20-12+/t19-,21+,22-,23+,24-,25-/m1/s1. The summed E-state index contributed by atoms with van der Waals surface area (Å²) in [6, 6.07) is 0. The van der Waals surface area contributed by atoms with E-state index in [1.54, 1.807) is 5.57 Å². The number of rotatable bonds is 9. The maximum absolute atomic E-state index is 10.5. The zero-order valence-electron chi connectivity index (χ0n) is 19.2. The lowest BCUT2D eigenvalue weighted by molar-refractivity contribution is 0.137. The summed E-state index contributed by atoms with van der Waals surface area (Å²) in [6.45, 7) is 11.6. The number of unbranched alkanes of at least 4 members (excludes halogenated alkanes) is 2. The second-order valence-electron chi connectivity index (χ2n) is 10.2. The number of hydrogen-bond acceptors (Lipinski definition) is 3. The van der Waals surface area contributed by atoms with E-state index in [2.05, 4.69) is 50.1 Å². The van der Waals surface area contributed by atoms with E-state index < -0.39 is 6.10 Å². The summed E-state index contributed by atoms with van der Waals surface area (Å²) >= 11 is 0. The molecule has 0 aliphatic heterocycles. The molecule has 164 valence electrons. The van der Waals surface area contributed by atoms with Crippen LogP contribution in [0.1, 0.15) is 79.6 Å². The second kappa shape index (κ2) is 11.3. The molecule has 0 unspecified atom stereocenters. The van der Waals surface area contributed by atoms with Crippen molar-refractivity contribution in [3.63, 3.8) is 0 Å². The number of allylic oxidation sites excluding steroid dienone is 2. The third kappa shape index (κ3) is 7.93. The van der Waals surface area contributed by atoms with Gasteiger partial charge in [-0.2, -0.15) is 0 Å². The van der Waals surface area contributed by atoms with Crippen molar-refractivity contribution in [3.05, 3.63) is 23.8 Å². The van der Waals surface area contributed by atoms with Gasteiger partial charge in [0.1, 0.15) is 0 Å². The first-order valence-electron chi connectivity index (χ1n) is 11.6. The Kier molecular flexibility index (Phi) is 9.47. The highest BCUT2D eigenvalue weighted by Crippen LogP contribution is 2.50. The van der Waals surface area contributed by atoms with Crippen LogP contribution in [0.4, 0.5) is 0 Å². The predicted molar refractivity (Wildman–Crippen MR) is 122 cm³/mol. The molecule has 0 spiro atoms. The Labute approximate surface area is 179 Å². The molecule has 2 rings (SSSR count). The molecule has 2 aliphatic rings. The summed E-state index contributed by atoms with van der Waals surface area (Å²) in [5.41, 5.74) is 1.79. The Morgan fingerprint density at radius 2 is 2.00 bits per heavy atom. The number of aliphatic hydroxyl groups is 2. The molecule has 0 radical (unpaired) electrons. The van der Waals surface area contributed by atoms with Crippen LogP contribution in [0.3, 0.4) is 0 Å². The van der Waals surface area contributed by atoms with Gasteiger partial charge in [-0.25, -0.2) is 0 Å². The summed E-state index contributed by atoms with van der Waals surface area (Å²) in [5.74, 6) is 7.38. The van der Waals surface area contributed by atoms with Crippen LogP contribution >= 0.6 is 0 Å². The van der Waals surface area contributed by atoms with Gasteiger partial charge in [-0.3, -0.25) is 0 Å². The number of fused-ring (bicyclic) bond motifs is 1. The van der Waals surface area contributed by atoms with Gasteiger partial charge < -0.3 is 15.5 Å². The minimum absolute atomic E-state index is 0.125. The van der Waals surface area contributed by atoms with Gasteiger partial charge in [-0.05, 0) is 90.5 Å². The summed E-state index contributed by atoms with van der Waals surface area (Å²) in [7, 11) is 0. The van der Waals surface area contributed by atoms with Crippen molar-refractivity contribution in [2.24, 2.45) is 23.7 Å². The number of hydrogen-bond donors (Lipinski definition) is 3. The lowest BCUT2D eigenvalue weighted by atomic mass is 9.89. The highest BCUT2D eigenvalue weighted by molar-refractivity contribution is 5.18. The fraction of sp³-hybridized carbons (Fsp3) is 0.769. The van der Waals surface area contributed by atoms with Crippen LogP contribution in [-0.4, -0.2) is 34.5 Å². The maximum atomic E-state index is 10.5. The van der Waals surface area contributed by atoms with Crippen molar-refractivity contribution in [2.75, 3.05) is 6.54 Å². The molecule has 2 saturated carbocycles.